The number of hydrogen-bond donors (Lipinski definition) is 1. The SMILES string of the molecule is CCOC(Cc1n[nH]c(C)n1)OCC. The molecule has 1 rings (SSSR count). The van der Waals surface area contributed by atoms with Crippen molar-refractivity contribution in [3.63, 3.8) is 0 Å². The second kappa shape index (κ2) is 5.72. The molecule has 0 aliphatic rings. The monoisotopic (exact) mass is 199 g/mol. The van der Waals surface area contributed by atoms with Crippen LogP contribution < -0.4 is 0 Å². The van der Waals surface area contributed by atoms with Gasteiger partial charge in [0.1, 0.15) is 5.82 Å². The number of aromatic amines is 1. The normalized spacial score (nSPS) is 11.1. The molecule has 0 unspecified atom stereocenters. The molecule has 0 aliphatic heterocycles. The second-order valence-electron chi connectivity index (χ2n) is 2.88. The third-order valence-corrected chi connectivity index (χ3v) is 1.70. The molecule has 0 aliphatic carbocycles. The van der Waals surface area contributed by atoms with Gasteiger partial charge in [-0.3, -0.25) is 5.10 Å². The first-order valence-corrected chi connectivity index (χ1v) is 4.87. The molecule has 0 aromatic carbocycles. The third kappa shape index (κ3) is 3.43. The van der Waals surface area contributed by atoms with Gasteiger partial charge in [-0.2, -0.15) is 5.10 Å². The van der Waals surface area contributed by atoms with E-state index in [1.807, 2.05) is 20.8 Å². The lowest BCUT2D eigenvalue weighted by Gasteiger charge is -2.14. The molecule has 0 atom stereocenters. The predicted octanol–water partition coefficient (Wildman–Crippen LogP) is 1.05. The highest BCUT2D eigenvalue weighted by Crippen LogP contribution is 2.03. The van der Waals surface area contributed by atoms with E-state index in [1.54, 1.807) is 0 Å². The van der Waals surface area contributed by atoms with Crippen molar-refractivity contribution in [1.29, 1.82) is 0 Å². The summed E-state index contributed by atoms with van der Waals surface area (Å²) in [6.07, 6.45) is 0.353. The van der Waals surface area contributed by atoms with Crippen molar-refractivity contribution in [3.8, 4) is 0 Å². The van der Waals surface area contributed by atoms with Gasteiger partial charge in [0.2, 0.25) is 0 Å². The zero-order valence-electron chi connectivity index (χ0n) is 8.91. The number of aromatic nitrogens is 3. The summed E-state index contributed by atoms with van der Waals surface area (Å²) in [5.74, 6) is 1.54. The Balaban J connectivity index is 2.46. The molecule has 1 aromatic rings. The minimum absolute atomic E-state index is 0.236. The fourth-order valence-electron chi connectivity index (χ4n) is 1.17. The van der Waals surface area contributed by atoms with Gasteiger partial charge in [0.25, 0.3) is 0 Å². The molecular formula is C9H17N3O2. The lowest BCUT2D eigenvalue weighted by molar-refractivity contribution is -0.135. The first-order chi connectivity index (χ1) is 6.76. The summed E-state index contributed by atoms with van der Waals surface area (Å²) in [6, 6.07) is 0. The Kier molecular flexibility index (Phi) is 4.55. The van der Waals surface area contributed by atoms with E-state index in [4.69, 9.17) is 9.47 Å². The fraction of sp³-hybridized carbons (Fsp3) is 0.778. The van der Waals surface area contributed by atoms with Gasteiger partial charge in [0.15, 0.2) is 12.1 Å². The first-order valence-electron chi connectivity index (χ1n) is 4.87. The van der Waals surface area contributed by atoms with Gasteiger partial charge in [0.05, 0.1) is 6.42 Å². The summed E-state index contributed by atoms with van der Waals surface area (Å²) in [7, 11) is 0. The van der Waals surface area contributed by atoms with E-state index in [-0.39, 0.29) is 6.29 Å². The van der Waals surface area contributed by atoms with Gasteiger partial charge in [-0.25, -0.2) is 4.98 Å². The van der Waals surface area contributed by atoms with Gasteiger partial charge in [-0.05, 0) is 20.8 Å². The van der Waals surface area contributed by atoms with Gasteiger partial charge < -0.3 is 9.47 Å². The summed E-state index contributed by atoms with van der Waals surface area (Å²) in [5.41, 5.74) is 0. The first kappa shape index (κ1) is 11.1. The molecule has 0 saturated heterocycles. The quantitative estimate of drug-likeness (QED) is 0.696. The maximum atomic E-state index is 5.38. The summed E-state index contributed by atoms with van der Waals surface area (Å²) in [5, 5.41) is 6.81. The molecule has 0 fully saturated rings. The lowest BCUT2D eigenvalue weighted by Crippen LogP contribution is -2.20. The number of nitrogens with zero attached hydrogens (tertiary/aromatic N) is 2. The molecular weight excluding hydrogens is 182 g/mol. The molecule has 5 heteroatoms. The fourth-order valence-corrected chi connectivity index (χ4v) is 1.17. The van der Waals surface area contributed by atoms with E-state index in [0.717, 1.165) is 11.6 Å². The highest BCUT2D eigenvalue weighted by Gasteiger charge is 2.11. The van der Waals surface area contributed by atoms with Gasteiger partial charge in [0, 0.05) is 13.2 Å². The molecule has 0 bridgehead atoms. The van der Waals surface area contributed by atoms with Crippen molar-refractivity contribution in [3.05, 3.63) is 11.6 Å². The Morgan fingerprint density at radius 1 is 1.29 bits per heavy atom. The minimum Gasteiger partial charge on any atom is -0.352 e. The molecule has 0 spiro atoms. The smallest absolute Gasteiger partial charge is 0.164 e. The molecule has 5 nitrogen and oxygen atoms in total. The van der Waals surface area contributed by atoms with Crippen LogP contribution in [-0.2, 0) is 15.9 Å². The second-order valence-corrected chi connectivity index (χ2v) is 2.88. The van der Waals surface area contributed by atoms with Gasteiger partial charge >= 0.3 is 0 Å². The molecule has 0 radical (unpaired) electrons. The largest absolute Gasteiger partial charge is 0.352 e. The Hall–Kier alpha value is -0.940. The number of nitrogens with one attached hydrogen (secondary N) is 1. The summed E-state index contributed by atoms with van der Waals surface area (Å²) >= 11 is 0. The highest BCUT2D eigenvalue weighted by atomic mass is 16.7. The Labute approximate surface area is 83.8 Å². The van der Waals surface area contributed by atoms with Crippen LogP contribution in [-0.4, -0.2) is 34.7 Å². The topological polar surface area (TPSA) is 60.0 Å². The molecule has 1 heterocycles. The van der Waals surface area contributed by atoms with Crippen molar-refractivity contribution in [2.24, 2.45) is 0 Å². The van der Waals surface area contributed by atoms with E-state index in [1.165, 1.54) is 0 Å². The van der Waals surface area contributed by atoms with Crippen molar-refractivity contribution in [2.75, 3.05) is 13.2 Å². The Morgan fingerprint density at radius 3 is 2.36 bits per heavy atom. The number of ether oxygens (including phenoxy) is 2. The maximum absolute atomic E-state index is 5.38. The van der Waals surface area contributed by atoms with Crippen LogP contribution in [0.3, 0.4) is 0 Å². The molecule has 14 heavy (non-hydrogen) atoms. The van der Waals surface area contributed by atoms with E-state index in [9.17, 15) is 0 Å². The highest BCUT2D eigenvalue weighted by molar-refractivity contribution is 4.88. The average molecular weight is 199 g/mol. The summed E-state index contributed by atoms with van der Waals surface area (Å²) in [6.45, 7) is 7.01. The summed E-state index contributed by atoms with van der Waals surface area (Å²) < 4.78 is 10.8. The minimum atomic E-state index is -0.236. The van der Waals surface area contributed by atoms with E-state index < -0.39 is 0 Å². The van der Waals surface area contributed by atoms with Crippen LogP contribution in [0, 0.1) is 6.92 Å². The van der Waals surface area contributed by atoms with E-state index in [0.29, 0.717) is 19.6 Å². The van der Waals surface area contributed by atoms with Crippen molar-refractivity contribution < 1.29 is 9.47 Å². The number of H-pyrrole nitrogens is 1. The molecule has 1 N–H and O–H groups in total. The summed E-state index contributed by atoms with van der Waals surface area (Å²) in [4.78, 5) is 4.19. The predicted molar refractivity (Wildman–Crippen MR) is 51.9 cm³/mol. The third-order valence-electron chi connectivity index (χ3n) is 1.70. The molecule has 80 valence electrons. The van der Waals surface area contributed by atoms with Crippen LogP contribution >= 0.6 is 0 Å². The van der Waals surface area contributed by atoms with E-state index >= 15 is 0 Å². The number of rotatable bonds is 6. The molecule has 0 amide bonds. The molecule has 0 saturated carbocycles. The van der Waals surface area contributed by atoms with Crippen molar-refractivity contribution in [2.45, 2.75) is 33.5 Å². The molecule has 1 aromatic heterocycles. The van der Waals surface area contributed by atoms with Crippen LogP contribution in [0.25, 0.3) is 0 Å². The average Bonchev–Trinajstić information content (AvgIpc) is 2.52. The van der Waals surface area contributed by atoms with Crippen LogP contribution in [0.4, 0.5) is 0 Å². The zero-order valence-corrected chi connectivity index (χ0v) is 8.91. The van der Waals surface area contributed by atoms with Crippen LogP contribution in [0.2, 0.25) is 0 Å². The standard InChI is InChI=1S/C9H17N3O2/c1-4-13-9(14-5-2)6-8-10-7(3)11-12-8/h9H,4-6H2,1-3H3,(H,10,11,12). The van der Waals surface area contributed by atoms with Crippen LogP contribution in [0.5, 0.6) is 0 Å². The Bertz CT molecular complexity index is 256. The van der Waals surface area contributed by atoms with Gasteiger partial charge in [-0.1, -0.05) is 0 Å². The van der Waals surface area contributed by atoms with Crippen LogP contribution in [0.1, 0.15) is 25.5 Å². The van der Waals surface area contributed by atoms with Gasteiger partial charge in [-0.15, -0.1) is 0 Å². The van der Waals surface area contributed by atoms with E-state index in [2.05, 4.69) is 15.2 Å². The van der Waals surface area contributed by atoms with Crippen molar-refractivity contribution >= 4 is 0 Å². The van der Waals surface area contributed by atoms with Crippen LogP contribution in [0.15, 0.2) is 0 Å². The Morgan fingerprint density at radius 2 is 1.93 bits per heavy atom. The maximum Gasteiger partial charge on any atom is 0.164 e. The zero-order chi connectivity index (χ0) is 10.4. The number of aryl methyl sites for hydroxylation is 1. The lowest BCUT2D eigenvalue weighted by atomic mass is 10.4. The number of hydrogen-bond acceptors (Lipinski definition) is 4. The van der Waals surface area contributed by atoms with Crippen molar-refractivity contribution in [1.82, 2.24) is 15.2 Å².